The molecule has 0 aliphatic rings. The Morgan fingerprint density at radius 2 is 1.79 bits per heavy atom. The highest BCUT2D eigenvalue weighted by molar-refractivity contribution is 7.22. The zero-order valence-electron chi connectivity index (χ0n) is 12.7. The van der Waals surface area contributed by atoms with Crippen LogP contribution in [-0.2, 0) is 7.05 Å². The van der Waals surface area contributed by atoms with Crippen LogP contribution in [0.5, 0.6) is 0 Å². The molecule has 1 N–H and O–H groups in total. The highest BCUT2D eigenvalue weighted by Crippen LogP contribution is 2.26. The van der Waals surface area contributed by atoms with Crippen molar-refractivity contribution in [3.8, 4) is 0 Å². The molecule has 0 aliphatic carbocycles. The van der Waals surface area contributed by atoms with E-state index in [-0.39, 0.29) is 17.2 Å². The van der Waals surface area contributed by atoms with E-state index in [1.165, 1.54) is 23.1 Å². The van der Waals surface area contributed by atoms with Crippen molar-refractivity contribution < 1.29 is 4.79 Å². The summed E-state index contributed by atoms with van der Waals surface area (Å²) in [6.45, 7) is 0. The molecule has 4 rings (SSSR count). The second-order valence-electron chi connectivity index (χ2n) is 5.26. The predicted molar refractivity (Wildman–Crippen MR) is 94.6 cm³/mol. The van der Waals surface area contributed by atoms with Gasteiger partial charge in [-0.3, -0.25) is 14.9 Å². The third-order valence-electron chi connectivity index (χ3n) is 3.69. The van der Waals surface area contributed by atoms with Crippen molar-refractivity contribution in [3.05, 3.63) is 64.6 Å². The summed E-state index contributed by atoms with van der Waals surface area (Å²) in [6, 6.07) is 14.6. The number of hydrogen-bond donors (Lipinski definition) is 1. The molecule has 0 saturated heterocycles. The Hall–Kier alpha value is -3.06. The summed E-state index contributed by atoms with van der Waals surface area (Å²) in [6.07, 6.45) is 0. The average molecular weight is 336 g/mol. The number of anilines is 1. The van der Waals surface area contributed by atoms with Crippen LogP contribution in [0.1, 0.15) is 10.5 Å². The molecule has 2 aromatic heterocycles. The summed E-state index contributed by atoms with van der Waals surface area (Å²) in [5, 5.41) is 8.39. The number of nitrogens with one attached hydrogen (secondary N) is 1. The highest BCUT2D eigenvalue weighted by Gasteiger charge is 2.17. The fraction of sp³-hybridized carbons (Fsp3) is 0.0588. The van der Waals surface area contributed by atoms with Crippen LogP contribution in [0.3, 0.4) is 0 Å². The van der Waals surface area contributed by atoms with Crippen molar-refractivity contribution in [2.75, 3.05) is 5.32 Å². The summed E-state index contributed by atoms with van der Waals surface area (Å²) in [7, 11) is 1.53. The molecule has 0 bridgehead atoms. The fourth-order valence-corrected chi connectivity index (χ4v) is 3.41. The van der Waals surface area contributed by atoms with Gasteiger partial charge in [0.15, 0.2) is 10.8 Å². The van der Waals surface area contributed by atoms with Crippen LogP contribution in [0.15, 0.2) is 53.3 Å². The maximum absolute atomic E-state index is 12.6. The highest BCUT2D eigenvalue weighted by atomic mass is 32.1. The van der Waals surface area contributed by atoms with Crippen molar-refractivity contribution in [1.82, 2.24) is 14.8 Å². The number of rotatable bonds is 2. The van der Waals surface area contributed by atoms with Gasteiger partial charge in [-0.15, -0.1) is 0 Å². The van der Waals surface area contributed by atoms with Crippen LogP contribution >= 0.6 is 11.3 Å². The van der Waals surface area contributed by atoms with Gasteiger partial charge >= 0.3 is 0 Å². The number of hydrogen-bond acceptors (Lipinski definition) is 5. The molecule has 0 atom stereocenters. The maximum atomic E-state index is 12.6. The van der Waals surface area contributed by atoms with Gasteiger partial charge in [0.25, 0.3) is 11.5 Å². The van der Waals surface area contributed by atoms with Gasteiger partial charge in [0.1, 0.15) is 0 Å². The summed E-state index contributed by atoms with van der Waals surface area (Å²) >= 11 is 1.39. The first-order valence-corrected chi connectivity index (χ1v) is 8.08. The topological polar surface area (TPSA) is 76.9 Å². The quantitative estimate of drug-likeness (QED) is 0.611. The molecule has 0 spiro atoms. The van der Waals surface area contributed by atoms with Gasteiger partial charge in [-0.25, -0.2) is 9.67 Å². The van der Waals surface area contributed by atoms with E-state index < -0.39 is 0 Å². The standard InChI is InChI=1S/C17H12N4O2S/c1-21-16(23)11-7-3-2-6-10(11)14(20-21)15(22)19-17-18-12-8-4-5-9-13(12)24-17/h2-9H,1H3,(H,18,19,22). The molecule has 0 saturated carbocycles. The smallest absolute Gasteiger partial charge is 0.278 e. The average Bonchev–Trinajstić information content (AvgIpc) is 3.00. The van der Waals surface area contributed by atoms with Crippen LogP contribution in [-0.4, -0.2) is 20.7 Å². The van der Waals surface area contributed by atoms with Crippen molar-refractivity contribution in [1.29, 1.82) is 0 Å². The van der Waals surface area contributed by atoms with Crippen LogP contribution in [0.4, 0.5) is 5.13 Å². The Bertz CT molecular complexity index is 1110. The van der Waals surface area contributed by atoms with Crippen LogP contribution < -0.4 is 10.9 Å². The molecule has 1 amide bonds. The van der Waals surface area contributed by atoms with E-state index in [1.807, 2.05) is 24.3 Å². The van der Waals surface area contributed by atoms with Crippen LogP contribution in [0.2, 0.25) is 0 Å². The van der Waals surface area contributed by atoms with Gasteiger partial charge < -0.3 is 0 Å². The number of amides is 1. The lowest BCUT2D eigenvalue weighted by atomic mass is 10.1. The number of fused-ring (bicyclic) bond motifs is 2. The van der Waals surface area contributed by atoms with Gasteiger partial charge in [-0.1, -0.05) is 41.7 Å². The van der Waals surface area contributed by atoms with Crippen molar-refractivity contribution in [2.45, 2.75) is 0 Å². The summed E-state index contributed by atoms with van der Waals surface area (Å²) in [4.78, 5) is 29.2. The SMILES string of the molecule is Cn1nc(C(=O)Nc2nc3ccccc3s2)c2ccccc2c1=O. The largest absolute Gasteiger partial charge is 0.296 e. The third kappa shape index (κ3) is 2.35. The van der Waals surface area contributed by atoms with E-state index in [9.17, 15) is 9.59 Å². The first kappa shape index (κ1) is 14.5. The van der Waals surface area contributed by atoms with Gasteiger partial charge in [-0.05, 0) is 18.2 Å². The van der Waals surface area contributed by atoms with Gasteiger partial charge in [-0.2, -0.15) is 5.10 Å². The van der Waals surface area contributed by atoms with E-state index in [0.717, 1.165) is 10.2 Å². The van der Waals surface area contributed by atoms with E-state index in [1.54, 1.807) is 24.3 Å². The summed E-state index contributed by atoms with van der Waals surface area (Å²) < 4.78 is 2.17. The molecule has 2 aromatic carbocycles. The van der Waals surface area contributed by atoms with Gasteiger partial charge in [0.2, 0.25) is 0 Å². The second-order valence-corrected chi connectivity index (χ2v) is 6.29. The molecule has 24 heavy (non-hydrogen) atoms. The monoisotopic (exact) mass is 336 g/mol. The molecule has 0 fully saturated rings. The van der Waals surface area contributed by atoms with E-state index in [4.69, 9.17) is 0 Å². The molecular formula is C17H12N4O2S. The molecule has 7 heteroatoms. The molecule has 118 valence electrons. The van der Waals surface area contributed by atoms with E-state index in [2.05, 4.69) is 15.4 Å². The summed E-state index contributed by atoms with van der Waals surface area (Å²) in [5.41, 5.74) is 0.796. The Labute approximate surface area is 140 Å². The first-order valence-electron chi connectivity index (χ1n) is 7.26. The number of thiazole rings is 1. The number of benzene rings is 2. The maximum Gasteiger partial charge on any atom is 0.278 e. The molecule has 0 aliphatic heterocycles. The Morgan fingerprint density at radius 3 is 2.58 bits per heavy atom. The zero-order valence-corrected chi connectivity index (χ0v) is 13.5. The number of aromatic nitrogens is 3. The fourth-order valence-electron chi connectivity index (χ4n) is 2.55. The minimum Gasteiger partial charge on any atom is -0.296 e. The molecule has 0 radical (unpaired) electrons. The first-order chi connectivity index (χ1) is 11.6. The lowest BCUT2D eigenvalue weighted by molar-refractivity contribution is 0.102. The predicted octanol–water partition coefficient (Wildman–Crippen LogP) is 2.80. The number of nitrogens with zero attached hydrogens (tertiary/aromatic N) is 3. The third-order valence-corrected chi connectivity index (χ3v) is 4.64. The number of para-hydroxylation sites is 1. The zero-order chi connectivity index (χ0) is 16.7. The molecule has 2 heterocycles. The number of aryl methyl sites for hydroxylation is 1. The minimum absolute atomic E-state index is 0.201. The van der Waals surface area contributed by atoms with E-state index >= 15 is 0 Å². The molecule has 0 unspecified atom stereocenters. The number of carbonyl (C=O) groups excluding carboxylic acids is 1. The summed E-state index contributed by atoms with van der Waals surface area (Å²) in [5.74, 6) is -0.388. The molecule has 6 nitrogen and oxygen atoms in total. The lowest BCUT2D eigenvalue weighted by Crippen LogP contribution is -2.25. The second kappa shape index (κ2) is 5.54. The Kier molecular flexibility index (Phi) is 3.35. The van der Waals surface area contributed by atoms with Gasteiger partial charge in [0, 0.05) is 12.4 Å². The van der Waals surface area contributed by atoms with Gasteiger partial charge in [0.05, 0.1) is 15.6 Å². The number of carbonyl (C=O) groups is 1. The Balaban J connectivity index is 1.78. The van der Waals surface area contributed by atoms with Crippen molar-refractivity contribution in [3.63, 3.8) is 0 Å². The molecule has 4 aromatic rings. The Morgan fingerprint density at radius 1 is 1.08 bits per heavy atom. The van der Waals surface area contributed by atoms with E-state index in [0.29, 0.717) is 15.9 Å². The normalized spacial score (nSPS) is 11.0. The molecular weight excluding hydrogens is 324 g/mol. The lowest BCUT2D eigenvalue weighted by Gasteiger charge is -2.07. The van der Waals surface area contributed by atoms with Crippen LogP contribution in [0.25, 0.3) is 21.0 Å². The van der Waals surface area contributed by atoms with Crippen molar-refractivity contribution >= 4 is 43.4 Å². The van der Waals surface area contributed by atoms with Crippen LogP contribution in [0, 0.1) is 0 Å². The van der Waals surface area contributed by atoms with Crippen molar-refractivity contribution in [2.24, 2.45) is 7.05 Å². The minimum atomic E-state index is -0.388.